The SMILES string of the molecule is N#Cc1ccnc(NC2CCCC2CN)c1. The van der Waals surface area contributed by atoms with Gasteiger partial charge in [0.05, 0.1) is 11.6 Å². The van der Waals surface area contributed by atoms with E-state index in [-0.39, 0.29) is 0 Å². The van der Waals surface area contributed by atoms with Crippen LogP contribution in [0.25, 0.3) is 0 Å². The van der Waals surface area contributed by atoms with Crippen LogP contribution in [0, 0.1) is 17.2 Å². The van der Waals surface area contributed by atoms with Crippen LogP contribution in [0.1, 0.15) is 24.8 Å². The van der Waals surface area contributed by atoms with Gasteiger partial charge in [-0.15, -0.1) is 0 Å². The van der Waals surface area contributed by atoms with Crippen molar-refractivity contribution in [2.45, 2.75) is 25.3 Å². The van der Waals surface area contributed by atoms with Crippen molar-refractivity contribution in [2.24, 2.45) is 11.7 Å². The van der Waals surface area contributed by atoms with Crippen molar-refractivity contribution in [1.29, 1.82) is 5.26 Å². The fourth-order valence-corrected chi connectivity index (χ4v) is 2.28. The van der Waals surface area contributed by atoms with Gasteiger partial charge in [-0.25, -0.2) is 4.98 Å². The average molecular weight is 216 g/mol. The number of nitrogens with one attached hydrogen (secondary N) is 1. The van der Waals surface area contributed by atoms with Gasteiger partial charge < -0.3 is 11.1 Å². The Labute approximate surface area is 95.5 Å². The molecule has 2 unspecified atom stereocenters. The summed E-state index contributed by atoms with van der Waals surface area (Å²) in [5, 5.41) is 12.2. The minimum Gasteiger partial charge on any atom is -0.367 e. The third-order valence-corrected chi connectivity index (χ3v) is 3.18. The third kappa shape index (κ3) is 2.31. The summed E-state index contributed by atoms with van der Waals surface area (Å²) in [5.74, 6) is 1.32. The summed E-state index contributed by atoms with van der Waals surface area (Å²) in [4.78, 5) is 4.22. The summed E-state index contributed by atoms with van der Waals surface area (Å²) >= 11 is 0. The van der Waals surface area contributed by atoms with Gasteiger partial charge in [-0.05, 0) is 37.4 Å². The first kappa shape index (κ1) is 10.9. The average Bonchev–Trinajstić information content (AvgIpc) is 2.76. The fraction of sp³-hybridized carbons (Fsp3) is 0.500. The molecule has 1 saturated carbocycles. The highest BCUT2D eigenvalue weighted by Gasteiger charge is 2.25. The van der Waals surface area contributed by atoms with Crippen LogP contribution in [-0.4, -0.2) is 17.6 Å². The van der Waals surface area contributed by atoms with Crippen LogP contribution < -0.4 is 11.1 Å². The number of rotatable bonds is 3. The molecule has 4 nitrogen and oxygen atoms in total. The molecule has 1 aliphatic carbocycles. The third-order valence-electron chi connectivity index (χ3n) is 3.18. The zero-order valence-electron chi connectivity index (χ0n) is 9.19. The second kappa shape index (κ2) is 4.95. The molecule has 4 heteroatoms. The monoisotopic (exact) mass is 216 g/mol. The van der Waals surface area contributed by atoms with E-state index in [1.54, 1.807) is 18.3 Å². The maximum absolute atomic E-state index is 8.80. The molecule has 1 heterocycles. The molecular weight excluding hydrogens is 200 g/mol. The Morgan fingerprint density at radius 1 is 1.56 bits per heavy atom. The van der Waals surface area contributed by atoms with Crippen LogP contribution in [0.5, 0.6) is 0 Å². The lowest BCUT2D eigenvalue weighted by Gasteiger charge is -2.19. The van der Waals surface area contributed by atoms with Crippen LogP contribution >= 0.6 is 0 Å². The lowest BCUT2D eigenvalue weighted by Crippen LogP contribution is -2.29. The van der Waals surface area contributed by atoms with Gasteiger partial charge in [0.25, 0.3) is 0 Å². The normalized spacial score (nSPS) is 24.0. The summed E-state index contributed by atoms with van der Waals surface area (Å²) in [6, 6.07) is 6.01. The highest BCUT2D eigenvalue weighted by molar-refractivity contribution is 5.43. The Hall–Kier alpha value is -1.60. The molecule has 0 amide bonds. The highest BCUT2D eigenvalue weighted by Crippen LogP contribution is 2.27. The van der Waals surface area contributed by atoms with E-state index in [1.807, 2.05) is 0 Å². The summed E-state index contributed by atoms with van der Waals surface area (Å²) in [7, 11) is 0. The molecule has 3 N–H and O–H groups in total. The number of hydrogen-bond acceptors (Lipinski definition) is 4. The second-order valence-corrected chi connectivity index (χ2v) is 4.22. The van der Waals surface area contributed by atoms with Crippen LogP contribution in [0.4, 0.5) is 5.82 Å². The number of aromatic nitrogens is 1. The second-order valence-electron chi connectivity index (χ2n) is 4.22. The van der Waals surface area contributed by atoms with Gasteiger partial charge in [0.2, 0.25) is 0 Å². The van der Waals surface area contributed by atoms with Crippen LogP contribution in [-0.2, 0) is 0 Å². The summed E-state index contributed by atoms with van der Waals surface area (Å²) in [6.07, 6.45) is 5.21. The standard InChI is InChI=1S/C12H16N4/c13-7-9-4-5-15-12(6-9)16-11-3-1-2-10(11)8-14/h4-6,10-11H,1-3,8,14H2,(H,15,16). The lowest BCUT2D eigenvalue weighted by molar-refractivity contribution is 0.515. The molecule has 1 aromatic rings. The number of pyridine rings is 1. The Morgan fingerprint density at radius 3 is 3.19 bits per heavy atom. The van der Waals surface area contributed by atoms with Gasteiger partial charge in [-0.2, -0.15) is 5.26 Å². The number of nitrogens with zero attached hydrogens (tertiary/aromatic N) is 2. The van der Waals surface area contributed by atoms with Gasteiger partial charge in [0, 0.05) is 12.2 Å². The molecule has 0 saturated heterocycles. The van der Waals surface area contributed by atoms with Gasteiger partial charge in [0.15, 0.2) is 0 Å². The quantitative estimate of drug-likeness (QED) is 0.802. The van der Waals surface area contributed by atoms with Crippen LogP contribution in [0.3, 0.4) is 0 Å². The van der Waals surface area contributed by atoms with Crippen molar-refractivity contribution in [3.63, 3.8) is 0 Å². The molecule has 84 valence electrons. The summed E-state index contributed by atoms with van der Waals surface area (Å²) < 4.78 is 0. The van der Waals surface area contributed by atoms with Gasteiger partial charge in [-0.3, -0.25) is 0 Å². The smallest absolute Gasteiger partial charge is 0.127 e. The van der Waals surface area contributed by atoms with Gasteiger partial charge in [-0.1, -0.05) is 6.42 Å². The first-order chi connectivity index (χ1) is 7.83. The van der Waals surface area contributed by atoms with E-state index in [0.717, 1.165) is 18.8 Å². The molecule has 2 atom stereocenters. The molecular formula is C12H16N4. The zero-order valence-corrected chi connectivity index (χ0v) is 9.19. The predicted molar refractivity (Wildman–Crippen MR) is 62.8 cm³/mol. The molecule has 1 aliphatic rings. The van der Waals surface area contributed by atoms with E-state index >= 15 is 0 Å². The van der Waals surface area contributed by atoms with Gasteiger partial charge in [0.1, 0.15) is 5.82 Å². The molecule has 2 rings (SSSR count). The topological polar surface area (TPSA) is 74.7 Å². The maximum Gasteiger partial charge on any atom is 0.127 e. The van der Waals surface area contributed by atoms with Crippen molar-refractivity contribution < 1.29 is 0 Å². The number of nitrogens with two attached hydrogens (primary N) is 1. The number of nitriles is 1. The number of anilines is 1. The predicted octanol–water partition coefficient (Wildman–Crippen LogP) is 1.49. The molecule has 0 bridgehead atoms. The molecule has 0 radical (unpaired) electrons. The maximum atomic E-state index is 8.80. The Balaban J connectivity index is 2.06. The molecule has 0 aromatic carbocycles. The Morgan fingerprint density at radius 2 is 2.44 bits per heavy atom. The van der Waals surface area contributed by atoms with Crippen LogP contribution in [0.15, 0.2) is 18.3 Å². The van der Waals surface area contributed by atoms with Crippen molar-refractivity contribution in [3.8, 4) is 6.07 Å². The fourth-order valence-electron chi connectivity index (χ4n) is 2.28. The van der Waals surface area contributed by atoms with Crippen molar-refractivity contribution >= 4 is 5.82 Å². The van der Waals surface area contributed by atoms with Crippen LogP contribution in [0.2, 0.25) is 0 Å². The Kier molecular flexibility index (Phi) is 3.37. The minimum absolute atomic E-state index is 0.409. The molecule has 16 heavy (non-hydrogen) atoms. The van der Waals surface area contributed by atoms with E-state index in [9.17, 15) is 0 Å². The molecule has 1 fully saturated rings. The van der Waals surface area contributed by atoms with Gasteiger partial charge >= 0.3 is 0 Å². The van der Waals surface area contributed by atoms with E-state index in [4.69, 9.17) is 11.0 Å². The van der Waals surface area contributed by atoms with E-state index in [1.165, 1.54) is 12.8 Å². The zero-order chi connectivity index (χ0) is 11.4. The largest absolute Gasteiger partial charge is 0.367 e. The summed E-state index contributed by atoms with van der Waals surface area (Å²) in [6.45, 7) is 0.718. The minimum atomic E-state index is 0.409. The number of hydrogen-bond donors (Lipinski definition) is 2. The first-order valence-corrected chi connectivity index (χ1v) is 5.66. The molecule has 0 spiro atoms. The highest BCUT2D eigenvalue weighted by atomic mass is 15.0. The van der Waals surface area contributed by atoms with E-state index < -0.39 is 0 Å². The first-order valence-electron chi connectivity index (χ1n) is 5.66. The lowest BCUT2D eigenvalue weighted by atomic mass is 10.0. The molecule has 0 aliphatic heterocycles. The molecule has 1 aromatic heterocycles. The van der Waals surface area contributed by atoms with Crippen molar-refractivity contribution in [1.82, 2.24) is 4.98 Å². The van der Waals surface area contributed by atoms with E-state index in [2.05, 4.69) is 16.4 Å². The van der Waals surface area contributed by atoms with Crippen molar-refractivity contribution in [3.05, 3.63) is 23.9 Å². The Bertz CT molecular complexity index is 396. The summed E-state index contributed by atoms with van der Waals surface area (Å²) in [5.41, 5.74) is 6.36. The van der Waals surface area contributed by atoms with E-state index in [0.29, 0.717) is 17.5 Å². The van der Waals surface area contributed by atoms with Crippen molar-refractivity contribution in [2.75, 3.05) is 11.9 Å².